The van der Waals surface area contributed by atoms with E-state index >= 15 is 0 Å². The molecule has 0 radical (unpaired) electrons. The van der Waals surface area contributed by atoms with Gasteiger partial charge in [-0.05, 0) is 37.1 Å². The Balaban J connectivity index is 2.62. The lowest BCUT2D eigenvalue weighted by Crippen LogP contribution is -2.23. The highest BCUT2D eigenvalue weighted by Crippen LogP contribution is 2.13. The fourth-order valence-electron chi connectivity index (χ4n) is 1.41. The first-order chi connectivity index (χ1) is 8.54. The van der Waals surface area contributed by atoms with E-state index in [-0.39, 0.29) is 5.91 Å². The standard InChI is InChI=1S/C15H22N2O/c1-5-10-16-15(18)13-6-8-14(9-7-13)17-12(4)11(2)3/h5-9,11-12,17H,1,10H2,2-4H3,(H,16,18). The first-order valence-electron chi connectivity index (χ1n) is 6.30. The highest BCUT2D eigenvalue weighted by atomic mass is 16.1. The average molecular weight is 246 g/mol. The Morgan fingerprint density at radius 1 is 1.28 bits per heavy atom. The molecule has 1 rings (SSSR count). The van der Waals surface area contributed by atoms with E-state index in [1.165, 1.54) is 0 Å². The Morgan fingerprint density at radius 2 is 1.89 bits per heavy atom. The number of carbonyl (C=O) groups excluding carboxylic acids is 1. The molecule has 1 aromatic rings. The first-order valence-corrected chi connectivity index (χ1v) is 6.30. The number of hydrogen-bond donors (Lipinski definition) is 2. The van der Waals surface area contributed by atoms with Gasteiger partial charge in [0.25, 0.3) is 5.91 Å². The summed E-state index contributed by atoms with van der Waals surface area (Å²) in [6.07, 6.45) is 1.66. The largest absolute Gasteiger partial charge is 0.382 e. The molecule has 98 valence electrons. The number of nitrogens with one attached hydrogen (secondary N) is 2. The monoisotopic (exact) mass is 246 g/mol. The molecular formula is C15H22N2O. The number of hydrogen-bond acceptors (Lipinski definition) is 2. The minimum Gasteiger partial charge on any atom is -0.382 e. The molecule has 1 unspecified atom stereocenters. The number of anilines is 1. The molecule has 0 heterocycles. The van der Waals surface area contributed by atoms with Crippen LogP contribution in [0.15, 0.2) is 36.9 Å². The normalized spacial score (nSPS) is 12.0. The van der Waals surface area contributed by atoms with Gasteiger partial charge in [-0.3, -0.25) is 4.79 Å². The van der Waals surface area contributed by atoms with E-state index in [1.54, 1.807) is 6.08 Å². The molecule has 2 N–H and O–H groups in total. The molecule has 1 aromatic carbocycles. The second kappa shape index (κ2) is 6.84. The van der Waals surface area contributed by atoms with Crippen molar-refractivity contribution in [1.29, 1.82) is 0 Å². The van der Waals surface area contributed by atoms with Crippen molar-refractivity contribution in [2.45, 2.75) is 26.8 Å². The van der Waals surface area contributed by atoms with Crippen molar-refractivity contribution < 1.29 is 4.79 Å². The van der Waals surface area contributed by atoms with Crippen molar-refractivity contribution >= 4 is 11.6 Å². The van der Waals surface area contributed by atoms with Gasteiger partial charge in [-0.1, -0.05) is 19.9 Å². The summed E-state index contributed by atoms with van der Waals surface area (Å²) in [5.41, 5.74) is 1.70. The molecule has 1 amide bonds. The number of amides is 1. The topological polar surface area (TPSA) is 41.1 Å². The fourth-order valence-corrected chi connectivity index (χ4v) is 1.41. The van der Waals surface area contributed by atoms with E-state index in [1.807, 2.05) is 24.3 Å². The van der Waals surface area contributed by atoms with Gasteiger partial charge in [-0.25, -0.2) is 0 Å². The van der Waals surface area contributed by atoms with Gasteiger partial charge in [-0.15, -0.1) is 6.58 Å². The maximum Gasteiger partial charge on any atom is 0.251 e. The van der Waals surface area contributed by atoms with Gasteiger partial charge in [0.15, 0.2) is 0 Å². The Labute approximate surface area is 109 Å². The van der Waals surface area contributed by atoms with E-state index in [4.69, 9.17) is 0 Å². The van der Waals surface area contributed by atoms with Crippen LogP contribution in [0.1, 0.15) is 31.1 Å². The van der Waals surface area contributed by atoms with Crippen LogP contribution in [-0.4, -0.2) is 18.5 Å². The molecule has 18 heavy (non-hydrogen) atoms. The van der Waals surface area contributed by atoms with Crippen LogP contribution in [0.5, 0.6) is 0 Å². The molecule has 0 fully saturated rings. The zero-order valence-corrected chi connectivity index (χ0v) is 11.4. The van der Waals surface area contributed by atoms with Crippen molar-refractivity contribution in [3.8, 4) is 0 Å². The summed E-state index contributed by atoms with van der Waals surface area (Å²) >= 11 is 0. The van der Waals surface area contributed by atoms with E-state index < -0.39 is 0 Å². The zero-order chi connectivity index (χ0) is 13.5. The van der Waals surface area contributed by atoms with Gasteiger partial charge in [0.05, 0.1) is 0 Å². The molecule has 0 aromatic heterocycles. The van der Waals surface area contributed by atoms with Crippen LogP contribution in [0.3, 0.4) is 0 Å². The van der Waals surface area contributed by atoms with Crippen molar-refractivity contribution in [2.24, 2.45) is 5.92 Å². The highest BCUT2D eigenvalue weighted by molar-refractivity contribution is 5.94. The van der Waals surface area contributed by atoms with Crippen LogP contribution in [0.2, 0.25) is 0 Å². The third-order valence-corrected chi connectivity index (χ3v) is 2.95. The molecular weight excluding hydrogens is 224 g/mol. The van der Waals surface area contributed by atoms with Gasteiger partial charge >= 0.3 is 0 Å². The molecule has 0 saturated carbocycles. The minimum absolute atomic E-state index is 0.0710. The van der Waals surface area contributed by atoms with E-state index in [2.05, 4.69) is 38.0 Å². The van der Waals surface area contributed by atoms with Crippen molar-refractivity contribution in [1.82, 2.24) is 5.32 Å². The highest BCUT2D eigenvalue weighted by Gasteiger charge is 2.07. The molecule has 0 saturated heterocycles. The minimum atomic E-state index is -0.0710. The van der Waals surface area contributed by atoms with Crippen molar-refractivity contribution in [3.05, 3.63) is 42.5 Å². The van der Waals surface area contributed by atoms with Gasteiger partial charge < -0.3 is 10.6 Å². The summed E-state index contributed by atoms with van der Waals surface area (Å²) < 4.78 is 0. The molecule has 0 aliphatic rings. The fraction of sp³-hybridized carbons (Fsp3) is 0.400. The van der Waals surface area contributed by atoms with Gasteiger partial charge in [0, 0.05) is 23.8 Å². The maximum atomic E-state index is 11.7. The lowest BCUT2D eigenvalue weighted by atomic mass is 10.1. The van der Waals surface area contributed by atoms with Crippen LogP contribution in [0, 0.1) is 5.92 Å². The summed E-state index contributed by atoms with van der Waals surface area (Å²) in [4.78, 5) is 11.7. The van der Waals surface area contributed by atoms with E-state index in [0.29, 0.717) is 24.1 Å². The molecule has 0 bridgehead atoms. The van der Waals surface area contributed by atoms with Crippen LogP contribution in [-0.2, 0) is 0 Å². The predicted octanol–water partition coefficient (Wildman–Crippen LogP) is 3.06. The summed E-state index contributed by atoms with van der Waals surface area (Å²) in [5, 5.41) is 6.15. The molecule has 3 nitrogen and oxygen atoms in total. The van der Waals surface area contributed by atoms with Crippen LogP contribution in [0.25, 0.3) is 0 Å². The number of benzene rings is 1. The quantitative estimate of drug-likeness (QED) is 0.757. The Hall–Kier alpha value is -1.77. The molecule has 0 aliphatic heterocycles. The summed E-state index contributed by atoms with van der Waals surface area (Å²) in [7, 11) is 0. The number of carbonyl (C=O) groups is 1. The molecule has 0 aliphatic carbocycles. The summed E-state index contributed by atoms with van der Waals surface area (Å²) in [6.45, 7) is 10.6. The molecule has 0 spiro atoms. The van der Waals surface area contributed by atoms with Gasteiger partial charge in [0.1, 0.15) is 0 Å². The van der Waals surface area contributed by atoms with Crippen LogP contribution in [0.4, 0.5) is 5.69 Å². The Bertz CT molecular complexity index is 395. The maximum absolute atomic E-state index is 11.7. The molecule has 1 atom stereocenters. The van der Waals surface area contributed by atoms with Crippen molar-refractivity contribution in [2.75, 3.05) is 11.9 Å². The smallest absolute Gasteiger partial charge is 0.251 e. The lowest BCUT2D eigenvalue weighted by Gasteiger charge is -2.18. The summed E-state index contributed by atoms with van der Waals surface area (Å²) in [6, 6.07) is 7.93. The summed E-state index contributed by atoms with van der Waals surface area (Å²) in [5.74, 6) is 0.499. The predicted molar refractivity (Wildman–Crippen MR) is 76.9 cm³/mol. The van der Waals surface area contributed by atoms with Crippen LogP contribution >= 0.6 is 0 Å². The lowest BCUT2D eigenvalue weighted by molar-refractivity contribution is 0.0958. The Kier molecular flexibility index (Phi) is 5.43. The SMILES string of the molecule is C=CCNC(=O)c1ccc(NC(C)C(C)C)cc1. The van der Waals surface area contributed by atoms with Crippen LogP contribution < -0.4 is 10.6 Å². The number of rotatable bonds is 6. The first kappa shape index (κ1) is 14.3. The van der Waals surface area contributed by atoms with Gasteiger partial charge in [-0.2, -0.15) is 0 Å². The second-order valence-corrected chi connectivity index (χ2v) is 4.75. The molecule has 3 heteroatoms. The van der Waals surface area contributed by atoms with E-state index in [9.17, 15) is 4.79 Å². The average Bonchev–Trinajstić information content (AvgIpc) is 2.36. The third-order valence-electron chi connectivity index (χ3n) is 2.95. The zero-order valence-electron chi connectivity index (χ0n) is 11.4. The van der Waals surface area contributed by atoms with Crippen molar-refractivity contribution in [3.63, 3.8) is 0 Å². The Morgan fingerprint density at radius 3 is 2.39 bits per heavy atom. The van der Waals surface area contributed by atoms with Gasteiger partial charge in [0.2, 0.25) is 0 Å². The van der Waals surface area contributed by atoms with E-state index in [0.717, 1.165) is 5.69 Å². The third kappa shape index (κ3) is 4.24. The second-order valence-electron chi connectivity index (χ2n) is 4.75.